The smallest absolute Gasteiger partial charge is 0.305 e. The molecule has 0 fully saturated rings. The van der Waals surface area contributed by atoms with Crippen LogP contribution in [-0.2, 0) is 14.3 Å². The number of hydrogen-bond acceptors (Lipinski definition) is 5. The molecule has 364 valence electrons. The molecule has 0 saturated carbocycles. The molecule has 62 heavy (non-hydrogen) atoms. The Morgan fingerprint density at radius 1 is 0.452 bits per heavy atom. The van der Waals surface area contributed by atoms with Gasteiger partial charge in [0.25, 0.3) is 0 Å². The van der Waals surface area contributed by atoms with Crippen LogP contribution in [-0.4, -0.2) is 47.4 Å². The maximum absolute atomic E-state index is 12.4. The molecule has 0 aromatic heterocycles. The van der Waals surface area contributed by atoms with Gasteiger partial charge in [-0.1, -0.05) is 243 Å². The number of aliphatic hydroxyl groups is 2. The van der Waals surface area contributed by atoms with E-state index in [2.05, 4.69) is 43.5 Å². The van der Waals surface area contributed by atoms with Gasteiger partial charge in [0.2, 0.25) is 5.91 Å². The first-order valence-electron chi connectivity index (χ1n) is 27.3. The molecule has 0 heterocycles. The van der Waals surface area contributed by atoms with Crippen molar-refractivity contribution in [2.75, 3.05) is 13.2 Å². The number of allylic oxidation sites excluding steroid dienone is 5. The maximum atomic E-state index is 12.4. The van der Waals surface area contributed by atoms with Crippen molar-refractivity contribution in [1.29, 1.82) is 0 Å². The van der Waals surface area contributed by atoms with E-state index in [1.165, 1.54) is 180 Å². The summed E-state index contributed by atoms with van der Waals surface area (Å²) in [5.74, 6) is -0.0925. The Morgan fingerprint density at radius 2 is 0.790 bits per heavy atom. The van der Waals surface area contributed by atoms with Crippen molar-refractivity contribution in [3.05, 3.63) is 36.5 Å². The lowest BCUT2D eigenvalue weighted by Gasteiger charge is -2.20. The van der Waals surface area contributed by atoms with Gasteiger partial charge < -0.3 is 20.3 Å². The minimum atomic E-state index is -0.851. The fraction of sp³-hybridized carbons (Fsp3) is 0.857. The lowest BCUT2D eigenvalue weighted by atomic mass is 10.0. The van der Waals surface area contributed by atoms with Crippen LogP contribution in [0, 0.1) is 0 Å². The third-order valence-corrected chi connectivity index (χ3v) is 12.4. The highest BCUT2D eigenvalue weighted by Gasteiger charge is 2.18. The Bertz CT molecular complexity index is 1010. The second-order valence-corrected chi connectivity index (χ2v) is 18.6. The van der Waals surface area contributed by atoms with Gasteiger partial charge in [-0.2, -0.15) is 0 Å². The van der Waals surface area contributed by atoms with Crippen LogP contribution in [0.25, 0.3) is 0 Å². The monoisotopic (exact) mass is 872 g/mol. The van der Waals surface area contributed by atoms with Crippen molar-refractivity contribution in [2.24, 2.45) is 0 Å². The van der Waals surface area contributed by atoms with Crippen molar-refractivity contribution in [3.8, 4) is 0 Å². The average molecular weight is 872 g/mol. The number of carbonyl (C=O) groups excluding carboxylic acids is 2. The first-order chi connectivity index (χ1) is 30.5. The molecule has 0 radical (unpaired) electrons. The fourth-order valence-corrected chi connectivity index (χ4v) is 8.21. The molecule has 3 N–H and O–H groups in total. The molecule has 0 aromatic rings. The summed E-state index contributed by atoms with van der Waals surface area (Å²) in [6.07, 6.45) is 63.0. The van der Waals surface area contributed by atoms with Gasteiger partial charge in [-0.25, -0.2) is 0 Å². The van der Waals surface area contributed by atoms with Crippen molar-refractivity contribution in [1.82, 2.24) is 5.32 Å². The van der Waals surface area contributed by atoms with E-state index in [0.717, 1.165) is 77.0 Å². The van der Waals surface area contributed by atoms with Crippen LogP contribution in [0.5, 0.6) is 0 Å². The molecule has 2 unspecified atom stereocenters. The SMILES string of the molecule is CCCCCCCCCCCCCCC/C=C/C(O)C(CO)NC(=O)CCCCCCCCCCCC/C=C\C=C/CCCCCOC(=O)CCCCCCCCCCCCC. The van der Waals surface area contributed by atoms with E-state index >= 15 is 0 Å². The summed E-state index contributed by atoms with van der Waals surface area (Å²) in [7, 11) is 0. The van der Waals surface area contributed by atoms with Crippen LogP contribution in [0.2, 0.25) is 0 Å². The highest BCUT2D eigenvalue weighted by atomic mass is 16.5. The first kappa shape index (κ1) is 60.1. The Labute approximate surface area is 385 Å². The lowest BCUT2D eigenvalue weighted by Crippen LogP contribution is -2.45. The van der Waals surface area contributed by atoms with Gasteiger partial charge >= 0.3 is 5.97 Å². The highest BCUT2D eigenvalue weighted by molar-refractivity contribution is 5.76. The summed E-state index contributed by atoms with van der Waals surface area (Å²) in [5, 5.41) is 23.1. The average Bonchev–Trinajstić information content (AvgIpc) is 3.27. The molecule has 0 aliphatic heterocycles. The molecule has 0 spiro atoms. The zero-order valence-corrected chi connectivity index (χ0v) is 41.4. The number of unbranched alkanes of at least 4 members (excludes halogenated alkanes) is 36. The molecule has 1 amide bonds. The van der Waals surface area contributed by atoms with Crippen molar-refractivity contribution >= 4 is 11.9 Å². The number of hydrogen-bond donors (Lipinski definition) is 3. The zero-order chi connectivity index (χ0) is 45.1. The van der Waals surface area contributed by atoms with Crippen LogP contribution < -0.4 is 5.32 Å². The maximum Gasteiger partial charge on any atom is 0.305 e. The Morgan fingerprint density at radius 3 is 1.19 bits per heavy atom. The van der Waals surface area contributed by atoms with E-state index < -0.39 is 12.1 Å². The topological polar surface area (TPSA) is 95.9 Å². The third kappa shape index (κ3) is 47.6. The molecular weight excluding hydrogens is 767 g/mol. The second kappa shape index (κ2) is 51.7. The van der Waals surface area contributed by atoms with Crippen LogP contribution >= 0.6 is 0 Å². The predicted molar refractivity (Wildman–Crippen MR) is 269 cm³/mol. The molecule has 2 atom stereocenters. The van der Waals surface area contributed by atoms with E-state index in [4.69, 9.17) is 4.74 Å². The normalized spacial score (nSPS) is 12.9. The van der Waals surface area contributed by atoms with E-state index in [-0.39, 0.29) is 18.5 Å². The Kier molecular flexibility index (Phi) is 50.1. The molecule has 0 aliphatic rings. The predicted octanol–water partition coefficient (Wildman–Crippen LogP) is 16.5. The van der Waals surface area contributed by atoms with Crippen molar-refractivity contribution in [3.63, 3.8) is 0 Å². The summed E-state index contributed by atoms with van der Waals surface area (Å²) in [4.78, 5) is 24.4. The summed E-state index contributed by atoms with van der Waals surface area (Å²) in [6, 6.07) is -0.635. The first-order valence-corrected chi connectivity index (χ1v) is 27.3. The molecule has 0 aliphatic carbocycles. The van der Waals surface area contributed by atoms with E-state index in [0.29, 0.717) is 19.4 Å². The summed E-state index contributed by atoms with van der Waals surface area (Å²) in [6.45, 7) is 4.86. The molecular formula is C56H105NO5. The van der Waals surface area contributed by atoms with Crippen LogP contribution in [0.15, 0.2) is 36.5 Å². The second-order valence-electron chi connectivity index (χ2n) is 18.6. The van der Waals surface area contributed by atoms with Crippen molar-refractivity contribution < 1.29 is 24.5 Å². The largest absolute Gasteiger partial charge is 0.466 e. The number of carbonyl (C=O) groups is 2. The molecule has 0 bridgehead atoms. The number of ether oxygens (including phenoxy) is 1. The Hall–Kier alpha value is -1.92. The summed E-state index contributed by atoms with van der Waals surface area (Å²) >= 11 is 0. The molecule has 0 aromatic carbocycles. The highest BCUT2D eigenvalue weighted by Crippen LogP contribution is 2.16. The lowest BCUT2D eigenvalue weighted by molar-refractivity contribution is -0.143. The number of rotatable bonds is 50. The minimum Gasteiger partial charge on any atom is -0.466 e. The quantitative estimate of drug-likeness (QED) is 0.0245. The van der Waals surface area contributed by atoms with Gasteiger partial charge in [-0.15, -0.1) is 0 Å². The number of esters is 1. The van der Waals surface area contributed by atoms with Crippen LogP contribution in [0.1, 0.15) is 284 Å². The fourth-order valence-electron chi connectivity index (χ4n) is 8.21. The number of nitrogens with one attached hydrogen (secondary N) is 1. The number of amides is 1. The Balaban J connectivity index is 3.52. The van der Waals surface area contributed by atoms with Gasteiger partial charge in [-0.3, -0.25) is 9.59 Å². The third-order valence-electron chi connectivity index (χ3n) is 12.4. The van der Waals surface area contributed by atoms with Gasteiger partial charge in [-0.05, 0) is 64.2 Å². The van der Waals surface area contributed by atoms with E-state index in [1.807, 2.05) is 6.08 Å². The van der Waals surface area contributed by atoms with Crippen molar-refractivity contribution in [2.45, 2.75) is 296 Å². The van der Waals surface area contributed by atoms with Gasteiger partial charge in [0.05, 0.1) is 25.4 Å². The van der Waals surface area contributed by atoms with Crippen LogP contribution in [0.4, 0.5) is 0 Å². The van der Waals surface area contributed by atoms with Gasteiger partial charge in [0, 0.05) is 12.8 Å². The minimum absolute atomic E-state index is 0.0149. The summed E-state index contributed by atoms with van der Waals surface area (Å²) in [5.41, 5.74) is 0. The molecule has 6 heteroatoms. The molecule has 6 nitrogen and oxygen atoms in total. The summed E-state index contributed by atoms with van der Waals surface area (Å²) < 4.78 is 5.43. The van der Waals surface area contributed by atoms with Crippen LogP contribution in [0.3, 0.4) is 0 Å². The standard InChI is InChI=1S/C56H105NO5/c1-3-5-7-9-11-13-15-16-22-25-29-32-36-40-44-48-54(59)53(52-58)57-55(60)49-45-41-37-33-30-26-23-20-18-17-19-21-24-27-31-35-39-43-47-51-62-56(61)50-46-42-38-34-28-14-12-10-8-6-4-2/h21,24,27,31,44,48,53-54,58-59H,3-20,22-23,25-26,28-30,32-43,45-47,49-52H2,1-2H3,(H,57,60)/b24-21-,31-27-,48-44+. The van der Waals surface area contributed by atoms with E-state index in [1.54, 1.807) is 6.08 Å². The zero-order valence-electron chi connectivity index (χ0n) is 41.4. The molecule has 0 saturated heterocycles. The van der Waals surface area contributed by atoms with Gasteiger partial charge in [0.1, 0.15) is 0 Å². The van der Waals surface area contributed by atoms with E-state index in [9.17, 15) is 19.8 Å². The van der Waals surface area contributed by atoms with Gasteiger partial charge in [0.15, 0.2) is 0 Å². The number of aliphatic hydroxyl groups excluding tert-OH is 2. The molecule has 0 rings (SSSR count).